The molecule has 0 atom stereocenters. The van der Waals surface area contributed by atoms with Gasteiger partial charge < -0.3 is 10.1 Å². The monoisotopic (exact) mass is 436 g/mol. The van der Waals surface area contributed by atoms with Gasteiger partial charge in [-0.05, 0) is 0 Å². The summed E-state index contributed by atoms with van der Waals surface area (Å²) in [6.07, 6.45) is -11.5. The molecule has 1 saturated heterocycles. The van der Waals surface area contributed by atoms with E-state index in [4.69, 9.17) is 4.74 Å². The van der Waals surface area contributed by atoms with Crippen LogP contribution >= 0.6 is 0 Å². The number of hydrogen-bond donors (Lipinski definition) is 1. The van der Waals surface area contributed by atoms with Crippen LogP contribution in [-0.2, 0) is 4.74 Å². The van der Waals surface area contributed by atoms with Crippen LogP contribution < -0.4 is 5.32 Å². The summed E-state index contributed by atoms with van der Waals surface area (Å²) in [6.45, 7) is 1.02. The molecular weight excluding hydrogens is 414 g/mol. The minimum atomic E-state index is -5.35. The van der Waals surface area contributed by atoms with E-state index in [9.17, 15) is 43.9 Å². The summed E-state index contributed by atoms with van der Waals surface area (Å²) in [5.41, 5.74) is 0. The van der Waals surface area contributed by atoms with E-state index in [1.54, 1.807) is 0 Å². The first kappa shape index (κ1) is 25.2. The van der Waals surface area contributed by atoms with Crippen molar-refractivity contribution >= 4 is 0 Å². The fraction of sp³-hybridized carbons (Fsp3) is 1.00. The van der Waals surface area contributed by atoms with Crippen LogP contribution in [0.1, 0.15) is 19.3 Å². The molecule has 0 aromatic carbocycles. The van der Waals surface area contributed by atoms with Gasteiger partial charge in [0.1, 0.15) is 0 Å². The van der Waals surface area contributed by atoms with Crippen molar-refractivity contribution in [3.05, 3.63) is 0 Å². The molecule has 1 heterocycles. The lowest BCUT2D eigenvalue weighted by Crippen LogP contribution is -2.49. The van der Waals surface area contributed by atoms with Crippen LogP contribution in [0.2, 0.25) is 0 Å². The van der Waals surface area contributed by atoms with Gasteiger partial charge in [-0.25, -0.2) is 26.3 Å². The summed E-state index contributed by atoms with van der Waals surface area (Å²) in [5.74, 6) is -19.8. The molecule has 3 nitrogen and oxygen atoms in total. The molecule has 13 heteroatoms. The highest BCUT2D eigenvalue weighted by atomic mass is 19.3. The molecule has 0 spiro atoms. The van der Waals surface area contributed by atoms with E-state index in [2.05, 4.69) is 5.32 Å². The largest absolute Gasteiger partial charge is 0.379 e. The minimum absolute atomic E-state index is 0.0157. The first-order valence-corrected chi connectivity index (χ1v) is 8.49. The predicted octanol–water partition coefficient (Wildman–Crippen LogP) is 3.88. The molecule has 0 amide bonds. The van der Waals surface area contributed by atoms with Gasteiger partial charge in [0.15, 0.2) is 0 Å². The molecule has 0 bridgehead atoms. The van der Waals surface area contributed by atoms with Crippen LogP contribution in [0.5, 0.6) is 0 Å². The fourth-order valence-electron chi connectivity index (χ4n) is 2.47. The zero-order valence-corrected chi connectivity index (χ0v) is 14.8. The van der Waals surface area contributed by atoms with Crippen LogP contribution in [0, 0.1) is 0 Å². The Bertz CT molecular complexity index is 470. The maximum Gasteiger partial charge on any atom is 0.316 e. The Morgan fingerprint density at radius 3 is 1.96 bits per heavy atom. The number of morpholine rings is 1. The van der Waals surface area contributed by atoms with Gasteiger partial charge in [0.2, 0.25) is 0 Å². The minimum Gasteiger partial charge on any atom is -0.379 e. The lowest BCUT2D eigenvalue weighted by atomic mass is 9.98. The zero-order chi connectivity index (χ0) is 21.6. The summed E-state index contributed by atoms with van der Waals surface area (Å²) in [4.78, 5) is 1.86. The number of nitrogens with zero attached hydrogens (tertiary/aromatic N) is 1. The van der Waals surface area contributed by atoms with E-state index >= 15 is 0 Å². The van der Waals surface area contributed by atoms with E-state index in [0.29, 0.717) is 32.8 Å². The Balaban J connectivity index is 2.49. The average molecular weight is 436 g/mol. The number of halogens is 10. The molecule has 0 aromatic rings. The second kappa shape index (κ2) is 9.79. The molecule has 0 aromatic heterocycles. The van der Waals surface area contributed by atoms with E-state index in [0.717, 1.165) is 0 Å². The first-order valence-electron chi connectivity index (χ1n) is 8.49. The van der Waals surface area contributed by atoms with Gasteiger partial charge in [0.25, 0.3) is 5.92 Å². The van der Waals surface area contributed by atoms with Crippen molar-refractivity contribution in [3.8, 4) is 0 Å². The summed E-state index contributed by atoms with van der Waals surface area (Å²) < 4.78 is 136. The normalized spacial score (nSPS) is 18.1. The Morgan fingerprint density at radius 2 is 1.43 bits per heavy atom. The molecule has 1 aliphatic rings. The molecule has 168 valence electrons. The second-order valence-corrected chi connectivity index (χ2v) is 6.63. The Morgan fingerprint density at radius 1 is 0.857 bits per heavy atom. The molecular formula is C15H22F10N2O. The van der Waals surface area contributed by atoms with Crippen LogP contribution in [0.3, 0.4) is 0 Å². The highest BCUT2D eigenvalue weighted by Gasteiger charge is 2.61. The van der Waals surface area contributed by atoms with Gasteiger partial charge in [0.05, 0.1) is 26.2 Å². The van der Waals surface area contributed by atoms with Crippen molar-refractivity contribution in [3.63, 3.8) is 0 Å². The van der Waals surface area contributed by atoms with Gasteiger partial charge in [-0.15, -0.1) is 0 Å². The van der Waals surface area contributed by atoms with Gasteiger partial charge >= 0.3 is 24.2 Å². The van der Waals surface area contributed by atoms with Gasteiger partial charge in [0, 0.05) is 39.0 Å². The van der Waals surface area contributed by atoms with Crippen LogP contribution in [0.25, 0.3) is 0 Å². The van der Waals surface area contributed by atoms with E-state index < -0.39 is 55.9 Å². The Kier molecular flexibility index (Phi) is 8.82. The topological polar surface area (TPSA) is 24.5 Å². The van der Waals surface area contributed by atoms with Crippen molar-refractivity contribution in [2.75, 3.05) is 45.9 Å². The van der Waals surface area contributed by atoms with E-state index in [1.165, 1.54) is 0 Å². The summed E-state index contributed by atoms with van der Waals surface area (Å²) >= 11 is 0. The predicted molar refractivity (Wildman–Crippen MR) is 79.8 cm³/mol. The fourth-order valence-corrected chi connectivity index (χ4v) is 2.47. The Hall–Kier alpha value is -0.820. The highest BCUT2D eigenvalue weighted by molar-refractivity contribution is 4.91. The summed E-state index contributed by atoms with van der Waals surface area (Å²) in [7, 11) is 0. The lowest BCUT2D eigenvalue weighted by Gasteiger charge is -2.31. The molecule has 1 fully saturated rings. The van der Waals surface area contributed by atoms with Crippen LogP contribution in [0.4, 0.5) is 43.9 Å². The molecule has 0 aliphatic carbocycles. The van der Waals surface area contributed by atoms with Crippen molar-refractivity contribution in [2.24, 2.45) is 0 Å². The summed E-state index contributed by atoms with van der Waals surface area (Å²) in [5, 5.41) is 2.19. The third kappa shape index (κ3) is 7.90. The maximum absolute atomic E-state index is 13.6. The SMILES string of the molecule is FC(F)C(F)(F)CCC(F)(F)C(F)(F)CC(F)(F)CNCCN1CCOCC1. The van der Waals surface area contributed by atoms with Crippen LogP contribution in [0.15, 0.2) is 0 Å². The zero-order valence-electron chi connectivity index (χ0n) is 14.8. The third-order valence-corrected chi connectivity index (χ3v) is 4.20. The van der Waals surface area contributed by atoms with Gasteiger partial charge in [-0.1, -0.05) is 0 Å². The number of hydrogen-bond acceptors (Lipinski definition) is 3. The van der Waals surface area contributed by atoms with Crippen molar-refractivity contribution in [2.45, 2.75) is 49.4 Å². The Labute approximate surface area is 155 Å². The number of alkyl halides is 10. The third-order valence-electron chi connectivity index (χ3n) is 4.20. The lowest BCUT2D eigenvalue weighted by molar-refractivity contribution is -0.248. The van der Waals surface area contributed by atoms with Gasteiger partial charge in [-0.2, -0.15) is 17.6 Å². The average Bonchev–Trinajstić information content (AvgIpc) is 2.57. The standard InChI is InChI=1S/C15H22F10N2O/c16-11(17)13(20,21)1-2-14(22,23)15(24,25)9-12(18,19)10-26-3-4-27-5-7-28-8-6-27/h11,26H,1-10H2. The van der Waals surface area contributed by atoms with Gasteiger partial charge in [-0.3, -0.25) is 4.90 Å². The smallest absolute Gasteiger partial charge is 0.316 e. The van der Waals surface area contributed by atoms with Crippen molar-refractivity contribution in [1.29, 1.82) is 0 Å². The molecule has 0 saturated carbocycles. The molecule has 0 radical (unpaired) electrons. The highest BCUT2D eigenvalue weighted by Crippen LogP contribution is 2.45. The van der Waals surface area contributed by atoms with Crippen molar-refractivity contribution in [1.82, 2.24) is 10.2 Å². The second-order valence-electron chi connectivity index (χ2n) is 6.63. The molecule has 28 heavy (non-hydrogen) atoms. The molecule has 1 rings (SSSR count). The first-order chi connectivity index (χ1) is 12.7. The molecule has 0 unspecified atom stereocenters. The quantitative estimate of drug-likeness (QED) is 0.371. The number of ether oxygens (including phenoxy) is 1. The number of nitrogens with one attached hydrogen (secondary N) is 1. The maximum atomic E-state index is 13.6. The molecule has 1 N–H and O–H groups in total. The summed E-state index contributed by atoms with van der Waals surface area (Å²) in [6, 6.07) is 0. The van der Waals surface area contributed by atoms with Crippen molar-refractivity contribution < 1.29 is 48.6 Å². The van der Waals surface area contributed by atoms with Crippen LogP contribution in [-0.4, -0.2) is 81.0 Å². The molecule has 1 aliphatic heterocycles. The van der Waals surface area contributed by atoms with E-state index in [1.807, 2.05) is 4.90 Å². The van der Waals surface area contributed by atoms with E-state index in [-0.39, 0.29) is 6.54 Å². The number of rotatable bonds is 12.